The van der Waals surface area contributed by atoms with Crippen LogP contribution >= 0.6 is 0 Å². The summed E-state index contributed by atoms with van der Waals surface area (Å²) in [6.07, 6.45) is 4.86. The van der Waals surface area contributed by atoms with Gasteiger partial charge in [0.05, 0.1) is 5.60 Å². The van der Waals surface area contributed by atoms with Gasteiger partial charge >= 0.3 is 0 Å². The van der Waals surface area contributed by atoms with Crippen LogP contribution < -0.4 is 5.73 Å². The molecule has 0 bridgehead atoms. The van der Waals surface area contributed by atoms with Gasteiger partial charge in [0.15, 0.2) is 0 Å². The van der Waals surface area contributed by atoms with Crippen molar-refractivity contribution in [3.63, 3.8) is 0 Å². The molecule has 2 unspecified atom stereocenters. The van der Waals surface area contributed by atoms with E-state index >= 15 is 0 Å². The molecule has 0 spiro atoms. The molecule has 0 amide bonds. The van der Waals surface area contributed by atoms with Crippen LogP contribution in [0.1, 0.15) is 32.1 Å². The van der Waals surface area contributed by atoms with Crippen molar-refractivity contribution >= 4 is 0 Å². The maximum absolute atomic E-state index is 10.3. The molecule has 76 valence electrons. The van der Waals surface area contributed by atoms with Crippen molar-refractivity contribution in [1.82, 2.24) is 0 Å². The molecule has 2 rings (SSSR count). The quantitative estimate of drug-likeness (QED) is 0.664. The predicted octanol–water partition coefficient (Wildman–Crippen LogP) is 0.655. The Morgan fingerprint density at radius 3 is 2.77 bits per heavy atom. The van der Waals surface area contributed by atoms with E-state index in [1.807, 2.05) is 0 Å². The van der Waals surface area contributed by atoms with Crippen molar-refractivity contribution in [3.8, 4) is 0 Å². The van der Waals surface area contributed by atoms with Crippen LogP contribution in [-0.4, -0.2) is 30.0 Å². The molecule has 3 N–H and O–H groups in total. The third-order valence-electron chi connectivity index (χ3n) is 3.33. The maximum Gasteiger partial charge on any atom is 0.0823 e. The van der Waals surface area contributed by atoms with Crippen LogP contribution in [-0.2, 0) is 4.74 Å². The summed E-state index contributed by atoms with van der Waals surface area (Å²) in [5, 5.41) is 10.3. The van der Waals surface area contributed by atoms with Crippen LogP contribution in [0.25, 0.3) is 0 Å². The number of hydrogen-bond donors (Lipinski definition) is 2. The van der Waals surface area contributed by atoms with Crippen molar-refractivity contribution in [3.05, 3.63) is 0 Å². The summed E-state index contributed by atoms with van der Waals surface area (Å²) in [5.41, 5.74) is 5.41. The van der Waals surface area contributed by atoms with Gasteiger partial charge in [-0.1, -0.05) is 0 Å². The second-order valence-corrected chi connectivity index (χ2v) is 4.43. The van der Waals surface area contributed by atoms with Gasteiger partial charge in [-0.05, 0) is 31.6 Å². The Bertz CT molecular complexity index is 172. The standard InChI is InChI=1S/C10H19NO2/c11-9(8-2-3-8)10(12)4-1-6-13-7-5-10/h8-9,12H,1-7,11H2. The Morgan fingerprint density at radius 2 is 2.08 bits per heavy atom. The lowest BCUT2D eigenvalue weighted by Gasteiger charge is -2.32. The highest BCUT2D eigenvalue weighted by molar-refractivity contribution is 4.98. The van der Waals surface area contributed by atoms with Gasteiger partial charge in [0.2, 0.25) is 0 Å². The van der Waals surface area contributed by atoms with Gasteiger partial charge in [-0.15, -0.1) is 0 Å². The Morgan fingerprint density at radius 1 is 1.31 bits per heavy atom. The number of rotatable bonds is 2. The lowest BCUT2D eigenvalue weighted by molar-refractivity contribution is -0.0111. The van der Waals surface area contributed by atoms with Crippen LogP contribution in [0.4, 0.5) is 0 Å². The van der Waals surface area contributed by atoms with Gasteiger partial charge in [0.1, 0.15) is 0 Å². The van der Waals surface area contributed by atoms with E-state index in [0.717, 1.165) is 19.4 Å². The third kappa shape index (κ3) is 2.03. The Hall–Kier alpha value is -0.120. The van der Waals surface area contributed by atoms with Crippen LogP contribution in [0, 0.1) is 5.92 Å². The molecular formula is C10H19NO2. The van der Waals surface area contributed by atoms with Crippen molar-refractivity contribution in [2.24, 2.45) is 11.7 Å². The maximum atomic E-state index is 10.3. The van der Waals surface area contributed by atoms with E-state index in [0.29, 0.717) is 18.9 Å². The van der Waals surface area contributed by atoms with Gasteiger partial charge in [0.25, 0.3) is 0 Å². The molecule has 2 fully saturated rings. The molecule has 0 aromatic rings. The highest BCUT2D eigenvalue weighted by Gasteiger charge is 2.43. The van der Waals surface area contributed by atoms with E-state index in [2.05, 4.69) is 0 Å². The normalized spacial score (nSPS) is 38.3. The van der Waals surface area contributed by atoms with Gasteiger partial charge in [-0.2, -0.15) is 0 Å². The fourth-order valence-electron chi connectivity index (χ4n) is 2.18. The average molecular weight is 185 g/mol. The first kappa shape index (κ1) is 9.44. The van der Waals surface area contributed by atoms with E-state index in [1.165, 1.54) is 12.8 Å². The van der Waals surface area contributed by atoms with Crippen molar-refractivity contribution in [1.29, 1.82) is 0 Å². The first-order valence-electron chi connectivity index (χ1n) is 5.28. The molecule has 0 aromatic heterocycles. The Kier molecular flexibility index (Phi) is 2.58. The zero-order valence-corrected chi connectivity index (χ0v) is 8.04. The molecular weight excluding hydrogens is 166 g/mol. The summed E-state index contributed by atoms with van der Waals surface area (Å²) in [7, 11) is 0. The summed E-state index contributed by atoms with van der Waals surface area (Å²) in [6, 6.07) is -0.0193. The highest BCUT2D eigenvalue weighted by atomic mass is 16.5. The SMILES string of the molecule is NC(C1CC1)C1(O)CCCOCC1. The fraction of sp³-hybridized carbons (Fsp3) is 1.00. The van der Waals surface area contributed by atoms with E-state index in [-0.39, 0.29) is 6.04 Å². The van der Waals surface area contributed by atoms with E-state index < -0.39 is 5.60 Å². The number of nitrogens with two attached hydrogens (primary N) is 1. The van der Waals surface area contributed by atoms with E-state index in [1.54, 1.807) is 0 Å². The summed E-state index contributed by atoms with van der Waals surface area (Å²) in [5.74, 6) is 0.572. The van der Waals surface area contributed by atoms with Crippen LogP contribution in [0.3, 0.4) is 0 Å². The summed E-state index contributed by atoms with van der Waals surface area (Å²) < 4.78 is 5.32. The predicted molar refractivity (Wildman–Crippen MR) is 50.3 cm³/mol. The number of ether oxygens (including phenoxy) is 1. The smallest absolute Gasteiger partial charge is 0.0823 e. The number of hydrogen-bond acceptors (Lipinski definition) is 3. The monoisotopic (exact) mass is 185 g/mol. The van der Waals surface area contributed by atoms with Crippen molar-refractivity contribution in [2.75, 3.05) is 13.2 Å². The molecule has 2 aliphatic rings. The molecule has 3 nitrogen and oxygen atoms in total. The minimum absolute atomic E-state index is 0.0193. The summed E-state index contributed by atoms with van der Waals surface area (Å²) >= 11 is 0. The second kappa shape index (κ2) is 3.56. The number of aliphatic hydroxyl groups is 1. The fourth-order valence-corrected chi connectivity index (χ4v) is 2.18. The molecule has 13 heavy (non-hydrogen) atoms. The average Bonchev–Trinajstić information content (AvgIpc) is 2.89. The molecule has 2 atom stereocenters. The topological polar surface area (TPSA) is 55.5 Å². The van der Waals surface area contributed by atoms with E-state index in [4.69, 9.17) is 10.5 Å². The lowest BCUT2D eigenvalue weighted by atomic mass is 9.85. The molecule has 1 heterocycles. The van der Waals surface area contributed by atoms with Gasteiger partial charge in [0, 0.05) is 25.7 Å². The molecule has 1 saturated carbocycles. The lowest BCUT2D eigenvalue weighted by Crippen LogP contribution is -2.49. The first-order valence-corrected chi connectivity index (χ1v) is 5.28. The molecule has 0 aromatic carbocycles. The summed E-state index contributed by atoms with van der Waals surface area (Å²) in [4.78, 5) is 0. The molecule has 1 aliphatic carbocycles. The molecule has 1 saturated heterocycles. The van der Waals surface area contributed by atoms with Gasteiger partial charge in [-0.25, -0.2) is 0 Å². The Balaban J connectivity index is 1.97. The highest BCUT2D eigenvalue weighted by Crippen LogP contribution is 2.39. The van der Waals surface area contributed by atoms with Crippen molar-refractivity contribution < 1.29 is 9.84 Å². The Labute approximate surface area is 79.3 Å². The zero-order valence-electron chi connectivity index (χ0n) is 8.04. The second-order valence-electron chi connectivity index (χ2n) is 4.43. The van der Waals surface area contributed by atoms with Crippen LogP contribution in [0.2, 0.25) is 0 Å². The van der Waals surface area contributed by atoms with Gasteiger partial charge < -0.3 is 15.6 Å². The minimum Gasteiger partial charge on any atom is -0.388 e. The minimum atomic E-state index is -0.641. The van der Waals surface area contributed by atoms with Crippen molar-refractivity contribution in [2.45, 2.75) is 43.7 Å². The van der Waals surface area contributed by atoms with Crippen LogP contribution in [0.5, 0.6) is 0 Å². The van der Waals surface area contributed by atoms with E-state index in [9.17, 15) is 5.11 Å². The molecule has 1 aliphatic heterocycles. The first-order chi connectivity index (χ1) is 6.22. The van der Waals surface area contributed by atoms with Crippen LogP contribution in [0.15, 0.2) is 0 Å². The van der Waals surface area contributed by atoms with Gasteiger partial charge in [-0.3, -0.25) is 0 Å². The summed E-state index contributed by atoms with van der Waals surface area (Å²) in [6.45, 7) is 1.44. The third-order valence-corrected chi connectivity index (χ3v) is 3.33. The zero-order chi connectivity index (χ0) is 9.31. The molecule has 0 radical (unpaired) electrons. The largest absolute Gasteiger partial charge is 0.388 e. The molecule has 3 heteroatoms.